The predicted octanol–water partition coefficient (Wildman–Crippen LogP) is 4.05. The van der Waals surface area contributed by atoms with Gasteiger partial charge in [-0.1, -0.05) is 25.5 Å². The second-order valence-electron chi connectivity index (χ2n) is 7.91. The van der Waals surface area contributed by atoms with E-state index in [2.05, 4.69) is 27.6 Å². The fourth-order valence-electron chi connectivity index (χ4n) is 2.78. The van der Waals surface area contributed by atoms with Crippen LogP contribution in [0.4, 0.5) is 5.13 Å². The quantitative estimate of drug-likeness (QED) is 0.647. The molecule has 6 nitrogen and oxygen atoms in total. The molecular formula is C21H32N4O2S. The molecule has 0 saturated heterocycles. The van der Waals surface area contributed by atoms with Gasteiger partial charge in [-0.3, -0.25) is 4.79 Å². The van der Waals surface area contributed by atoms with E-state index >= 15 is 0 Å². The van der Waals surface area contributed by atoms with Crippen LogP contribution in [0.5, 0.6) is 5.75 Å². The van der Waals surface area contributed by atoms with Crippen LogP contribution in [-0.4, -0.2) is 41.0 Å². The molecule has 0 fully saturated rings. The van der Waals surface area contributed by atoms with Crippen molar-refractivity contribution >= 4 is 22.6 Å². The number of methoxy groups -OCH3 is 1. The minimum Gasteiger partial charge on any atom is -0.497 e. The van der Waals surface area contributed by atoms with E-state index in [-0.39, 0.29) is 11.4 Å². The lowest BCUT2D eigenvalue weighted by atomic mass is 10.1. The fraction of sp³-hybridized carbons (Fsp3) is 0.571. The molecule has 1 aromatic carbocycles. The van der Waals surface area contributed by atoms with Gasteiger partial charge in [0.1, 0.15) is 11.6 Å². The number of nitrogens with one attached hydrogen (secondary N) is 1. The predicted molar refractivity (Wildman–Crippen MR) is 115 cm³/mol. The van der Waals surface area contributed by atoms with Gasteiger partial charge in [0, 0.05) is 43.0 Å². The summed E-state index contributed by atoms with van der Waals surface area (Å²) in [6, 6.07) is 7.96. The Hall–Kier alpha value is -2.15. The zero-order valence-electron chi connectivity index (χ0n) is 17.6. The molecule has 0 aliphatic heterocycles. The van der Waals surface area contributed by atoms with Gasteiger partial charge in [0.25, 0.3) is 0 Å². The Morgan fingerprint density at radius 2 is 2.07 bits per heavy atom. The smallest absolute Gasteiger partial charge is 0.222 e. The van der Waals surface area contributed by atoms with Crippen LogP contribution in [0.2, 0.25) is 0 Å². The first-order valence-electron chi connectivity index (χ1n) is 9.82. The van der Waals surface area contributed by atoms with Gasteiger partial charge in [0.2, 0.25) is 11.0 Å². The van der Waals surface area contributed by atoms with E-state index in [0.717, 1.165) is 41.7 Å². The van der Waals surface area contributed by atoms with Crippen LogP contribution >= 0.6 is 11.5 Å². The van der Waals surface area contributed by atoms with Gasteiger partial charge >= 0.3 is 0 Å². The summed E-state index contributed by atoms with van der Waals surface area (Å²) >= 11 is 1.40. The molecule has 0 aliphatic rings. The van der Waals surface area contributed by atoms with Crippen molar-refractivity contribution in [3.63, 3.8) is 0 Å². The van der Waals surface area contributed by atoms with Crippen LogP contribution in [0.3, 0.4) is 0 Å². The monoisotopic (exact) mass is 404 g/mol. The Labute approximate surface area is 172 Å². The Bertz CT molecular complexity index is 755. The van der Waals surface area contributed by atoms with E-state index in [1.165, 1.54) is 11.5 Å². The fourth-order valence-corrected chi connectivity index (χ4v) is 3.52. The van der Waals surface area contributed by atoms with Gasteiger partial charge < -0.3 is 15.0 Å². The van der Waals surface area contributed by atoms with E-state index in [4.69, 9.17) is 9.72 Å². The van der Waals surface area contributed by atoms with Crippen molar-refractivity contribution in [1.29, 1.82) is 0 Å². The lowest BCUT2D eigenvalue weighted by molar-refractivity contribution is -0.122. The molecule has 28 heavy (non-hydrogen) atoms. The van der Waals surface area contributed by atoms with Gasteiger partial charge in [0.05, 0.1) is 7.11 Å². The first-order chi connectivity index (χ1) is 13.3. The number of anilines is 1. The molecule has 1 amide bonds. The molecule has 154 valence electrons. The van der Waals surface area contributed by atoms with Gasteiger partial charge in [0.15, 0.2) is 0 Å². The second kappa shape index (κ2) is 10.4. The summed E-state index contributed by atoms with van der Waals surface area (Å²) in [4.78, 5) is 19.1. The highest BCUT2D eigenvalue weighted by Gasteiger charge is 2.17. The van der Waals surface area contributed by atoms with Crippen molar-refractivity contribution in [1.82, 2.24) is 14.7 Å². The molecule has 0 aliphatic carbocycles. The van der Waals surface area contributed by atoms with Gasteiger partial charge in [-0.05, 0) is 44.9 Å². The largest absolute Gasteiger partial charge is 0.497 e. The number of hydrogen-bond donors (Lipinski definition) is 1. The molecule has 0 atom stereocenters. The van der Waals surface area contributed by atoms with Crippen molar-refractivity contribution in [3.05, 3.63) is 35.7 Å². The van der Waals surface area contributed by atoms with E-state index in [1.807, 2.05) is 39.0 Å². The summed E-state index contributed by atoms with van der Waals surface area (Å²) in [5, 5.41) is 3.90. The third-order valence-corrected chi connectivity index (χ3v) is 4.94. The Balaban J connectivity index is 2.02. The Morgan fingerprint density at radius 3 is 2.75 bits per heavy atom. The van der Waals surface area contributed by atoms with Crippen molar-refractivity contribution in [3.8, 4) is 5.75 Å². The molecule has 1 aromatic heterocycles. The number of unbranched alkanes of at least 4 members (excludes halogenated alkanes) is 1. The number of benzene rings is 1. The van der Waals surface area contributed by atoms with Gasteiger partial charge in [-0.2, -0.15) is 4.37 Å². The molecule has 0 radical (unpaired) electrons. The van der Waals surface area contributed by atoms with Crippen LogP contribution < -0.4 is 15.0 Å². The van der Waals surface area contributed by atoms with Gasteiger partial charge in [-0.25, -0.2) is 4.98 Å². The number of ether oxygens (including phenoxy) is 1. The molecule has 2 aromatic rings. The van der Waals surface area contributed by atoms with E-state index in [0.29, 0.717) is 19.4 Å². The number of amides is 1. The number of rotatable bonds is 10. The maximum atomic E-state index is 12.2. The molecule has 2 rings (SSSR count). The minimum absolute atomic E-state index is 0.0649. The molecular weight excluding hydrogens is 372 g/mol. The molecule has 0 spiro atoms. The highest BCUT2D eigenvalue weighted by Crippen LogP contribution is 2.21. The average molecular weight is 405 g/mol. The van der Waals surface area contributed by atoms with Crippen molar-refractivity contribution in [2.45, 2.75) is 58.9 Å². The minimum atomic E-state index is -0.210. The van der Waals surface area contributed by atoms with E-state index < -0.39 is 0 Å². The first kappa shape index (κ1) is 22.1. The van der Waals surface area contributed by atoms with Crippen LogP contribution in [0.15, 0.2) is 24.3 Å². The summed E-state index contributed by atoms with van der Waals surface area (Å²) < 4.78 is 9.81. The summed E-state index contributed by atoms with van der Waals surface area (Å²) in [6.45, 7) is 9.68. The number of hydrogen-bond acceptors (Lipinski definition) is 6. The molecule has 1 N–H and O–H groups in total. The Morgan fingerprint density at radius 1 is 1.29 bits per heavy atom. The topological polar surface area (TPSA) is 67.4 Å². The SMILES string of the molecule is CCCCN(CCC(=O)NC(C)(C)C)c1nc(Cc2cccc(OC)c2)ns1. The first-order valence-corrected chi connectivity index (χ1v) is 10.6. The zero-order chi connectivity index (χ0) is 20.6. The molecule has 0 bridgehead atoms. The normalized spacial score (nSPS) is 11.3. The van der Waals surface area contributed by atoms with Crippen molar-refractivity contribution in [2.75, 3.05) is 25.1 Å². The Kier molecular flexibility index (Phi) is 8.23. The van der Waals surface area contributed by atoms with E-state index in [1.54, 1.807) is 7.11 Å². The number of carbonyl (C=O) groups is 1. The highest BCUT2D eigenvalue weighted by atomic mass is 32.1. The number of carbonyl (C=O) groups excluding carboxylic acids is 1. The van der Waals surface area contributed by atoms with Crippen LogP contribution in [-0.2, 0) is 11.2 Å². The maximum Gasteiger partial charge on any atom is 0.222 e. The molecule has 1 heterocycles. The number of nitrogens with zero attached hydrogens (tertiary/aromatic N) is 3. The average Bonchev–Trinajstić information content (AvgIpc) is 3.08. The third-order valence-electron chi connectivity index (χ3n) is 4.13. The standard InChI is InChI=1S/C21H32N4O2S/c1-6-7-12-25(13-11-19(26)23-21(2,3)4)20-22-18(24-28-20)15-16-9-8-10-17(14-16)27-5/h8-10,14H,6-7,11-13,15H2,1-5H3,(H,23,26). The van der Waals surface area contributed by atoms with Crippen molar-refractivity contribution < 1.29 is 9.53 Å². The summed E-state index contributed by atoms with van der Waals surface area (Å²) in [5.74, 6) is 1.70. The van der Waals surface area contributed by atoms with Crippen molar-refractivity contribution in [2.24, 2.45) is 0 Å². The van der Waals surface area contributed by atoms with E-state index in [9.17, 15) is 4.79 Å². The lowest BCUT2D eigenvalue weighted by Gasteiger charge is -2.24. The summed E-state index contributed by atoms with van der Waals surface area (Å²) in [6.07, 6.45) is 3.28. The zero-order valence-corrected chi connectivity index (χ0v) is 18.4. The van der Waals surface area contributed by atoms with Crippen LogP contribution in [0.25, 0.3) is 0 Å². The summed E-state index contributed by atoms with van der Waals surface area (Å²) in [7, 11) is 1.67. The molecule has 7 heteroatoms. The maximum absolute atomic E-state index is 12.2. The third kappa shape index (κ3) is 7.46. The molecule has 0 saturated carbocycles. The highest BCUT2D eigenvalue weighted by molar-refractivity contribution is 7.09. The second-order valence-corrected chi connectivity index (χ2v) is 8.64. The van der Waals surface area contributed by atoms with Gasteiger partial charge in [-0.15, -0.1) is 0 Å². The summed E-state index contributed by atoms with van der Waals surface area (Å²) in [5.41, 5.74) is 0.909. The van der Waals surface area contributed by atoms with Crippen LogP contribution in [0.1, 0.15) is 58.3 Å². The van der Waals surface area contributed by atoms with Crippen LogP contribution in [0, 0.1) is 0 Å². The lowest BCUT2D eigenvalue weighted by Crippen LogP contribution is -2.42. The number of aromatic nitrogens is 2. The molecule has 0 unspecified atom stereocenters.